The van der Waals surface area contributed by atoms with Gasteiger partial charge in [-0.05, 0) is 41.5 Å². The maximum atomic E-state index is 6.21. The van der Waals surface area contributed by atoms with E-state index in [0.29, 0.717) is 0 Å². The highest BCUT2D eigenvalue weighted by Gasteiger charge is 2.56. The highest BCUT2D eigenvalue weighted by molar-refractivity contribution is 6.64. The topological polar surface area (TPSA) is 27.7 Å². The molecule has 0 bridgehead atoms. The van der Waals surface area contributed by atoms with Crippen LogP contribution in [0.4, 0.5) is 0 Å². The van der Waals surface area contributed by atoms with E-state index in [1.54, 1.807) is 7.11 Å². The minimum absolute atomic E-state index is 0.150. The van der Waals surface area contributed by atoms with Crippen molar-refractivity contribution in [2.75, 3.05) is 7.11 Å². The first-order chi connectivity index (χ1) is 7.22. The van der Waals surface area contributed by atoms with Gasteiger partial charge in [0, 0.05) is 12.1 Å². The molecule has 0 N–H and O–H groups in total. The third-order valence-electron chi connectivity index (χ3n) is 2.07. The molecule has 0 unspecified atom stereocenters. The molecule has 0 fully saturated rings. The van der Waals surface area contributed by atoms with Crippen LogP contribution in [0.15, 0.2) is 0 Å². The Hall–Kier alpha value is 0.0969. The average Bonchev–Trinajstić information content (AvgIpc) is 1.95. The van der Waals surface area contributed by atoms with Crippen molar-refractivity contribution in [1.29, 1.82) is 0 Å². The van der Waals surface area contributed by atoms with E-state index >= 15 is 0 Å². The van der Waals surface area contributed by atoms with Crippen LogP contribution in [0.25, 0.3) is 0 Å². The summed E-state index contributed by atoms with van der Waals surface area (Å²) in [5, 5.41) is -0.150. The van der Waals surface area contributed by atoms with Gasteiger partial charge >= 0.3 is 8.80 Å². The van der Waals surface area contributed by atoms with Crippen molar-refractivity contribution >= 4 is 8.80 Å². The molecule has 0 amide bonds. The second-order valence-electron chi connectivity index (χ2n) is 7.44. The van der Waals surface area contributed by atoms with Crippen LogP contribution in [0.5, 0.6) is 0 Å². The lowest BCUT2D eigenvalue weighted by molar-refractivity contribution is -0.0495. The van der Waals surface area contributed by atoms with Crippen LogP contribution in [-0.4, -0.2) is 27.1 Å². The minimum atomic E-state index is -2.74. The summed E-state index contributed by atoms with van der Waals surface area (Å²) in [6, 6.07) is 0. The Kier molecular flexibility index (Phi) is 5.03. The summed E-state index contributed by atoms with van der Waals surface area (Å²) in [7, 11) is -1.05. The lowest BCUT2D eigenvalue weighted by Crippen LogP contribution is -2.59. The minimum Gasteiger partial charge on any atom is -0.376 e. The normalized spacial score (nSPS) is 15.2. The van der Waals surface area contributed by atoms with Gasteiger partial charge in [0.05, 0.1) is 11.2 Å². The van der Waals surface area contributed by atoms with Gasteiger partial charge in [-0.3, -0.25) is 0 Å². The summed E-state index contributed by atoms with van der Waals surface area (Å²) in [6.45, 7) is 18.5. The molecule has 3 nitrogen and oxygen atoms in total. The molecular weight excluding hydrogens is 232 g/mol. The zero-order valence-electron chi connectivity index (χ0n) is 13.2. The van der Waals surface area contributed by atoms with E-state index in [4.69, 9.17) is 13.3 Å². The Balaban J connectivity index is 5.32. The quantitative estimate of drug-likeness (QED) is 0.719. The third-order valence-corrected chi connectivity index (χ3v) is 6.21. The summed E-state index contributed by atoms with van der Waals surface area (Å²) in [5.41, 5.74) is -0.554. The molecule has 0 saturated carbocycles. The van der Waals surface area contributed by atoms with E-state index in [1.807, 2.05) is 41.5 Å². The summed E-state index contributed by atoms with van der Waals surface area (Å²) >= 11 is 0. The monoisotopic (exact) mass is 262 g/mol. The predicted octanol–water partition coefficient (Wildman–Crippen LogP) is 4.00. The highest BCUT2D eigenvalue weighted by atomic mass is 28.4. The Labute approximate surface area is 108 Å². The molecule has 0 aliphatic carbocycles. The van der Waals surface area contributed by atoms with Crippen molar-refractivity contribution in [3.63, 3.8) is 0 Å². The average molecular weight is 262 g/mol. The fourth-order valence-electron chi connectivity index (χ4n) is 1.52. The summed E-state index contributed by atoms with van der Waals surface area (Å²) in [4.78, 5) is 0. The summed E-state index contributed by atoms with van der Waals surface area (Å²) < 4.78 is 18.2. The Bertz CT molecular complexity index is 227. The van der Waals surface area contributed by atoms with Crippen LogP contribution < -0.4 is 0 Å². The maximum absolute atomic E-state index is 6.21. The zero-order valence-corrected chi connectivity index (χ0v) is 14.2. The molecule has 0 aliphatic heterocycles. The molecule has 0 saturated heterocycles. The molecule has 0 atom stereocenters. The molecule has 17 heavy (non-hydrogen) atoms. The molecule has 0 aromatic heterocycles. The number of hydrogen-bond donors (Lipinski definition) is 0. The third kappa shape index (κ3) is 5.51. The van der Waals surface area contributed by atoms with Crippen molar-refractivity contribution in [3.8, 4) is 0 Å². The number of rotatable bonds is 3. The van der Waals surface area contributed by atoms with Gasteiger partial charge in [-0.1, -0.05) is 20.8 Å². The molecule has 0 radical (unpaired) electrons. The van der Waals surface area contributed by atoms with E-state index < -0.39 is 8.80 Å². The van der Waals surface area contributed by atoms with E-state index in [-0.39, 0.29) is 16.2 Å². The largest absolute Gasteiger partial charge is 0.507 e. The first-order valence-corrected chi connectivity index (χ1v) is 7.90. The van der Waals surface area contributed by atoms with E-state index in [9.17, 15) is 0 Å². The van der Waals surface area contributed by atoms with Crippen LogP contribution in [0.3, 0.4) is 0 Å². The summed E-state index contributed by atoms with van der Waals surface area (Å²) in [6.07, 6.45) is 0. The molecular formula is C13H30O3Si. The second-order valence-corrected chi connectivity index (χ2v) is 10.9. The van der Waals surface area contributed by atoms with Gasteiger partial charge in [0.25, 0.3) is 0 Å². The Morgan fingerprint density at radius 3 is 1.06 bits per heavy atom. The highest BCUT2D eigenvalue weighted by Crippen LogP contribution is 2.42. The lowest BCUT2D eigenvalue weighted by Gasteiger charge is -2.45. The van der Waals surface area contributed by atoms with Gasteiger partial charge in [0.1, 0.15) is 0 Å². The van der Waals surface area contributed by atoms with Crippen molar-refractivity contribution in [3.05, 3.63) is 0 Å². The first-order valence-electron chi connectivity index (χ1n) is 6.18. The van der Waals surface area contributed by atoms with Crippen LogP contribution in [0.2, 0.25) is 5.04 Å². The maximum Gasteiger partial charge on any atom is 0.507 e. The first kappa shape index (κ1) is 17.1. The van der Waals surface area contributed by atoms with Crippen molar-refractivity contribution in [2.24, 2.45) is 0 Å². The van der Waals surface area contributed by atoms with Crippen LogP contribution in [0, 0.1) is 0 Å². The number of hydrogen-bond acceptors (Lipinski definition) is 3. The van der Waals surface area contributed by atoms with Crippen molar-refractivity contribution in [1.82, 2.24) is 0 Å². The van der Waals surface area contributed by atoms with Gasteiger partial charge in [-0.25, -0.2) is 0 Å². The SMILES string of the molecule is CO[Si](OC(C)(C)C)(OC(C)(C)C)C(C)(C)C. The van der Waals surface area contributed by atoms with Crippen molar-refractivity contribution < 1.29 is 13.3 Å². The molecule has 0 rings (SSSR count). The molecule has 104 valence electrons. The van der Waals surface area contributed by atoms with Gasteiger partial charge in [-0.15, -0.1) is 0 Å². The van der Waals surface area contributed by atoms with Crippen LogP contribution in [0.1, 0.15) is 62.3 Å². The van der Waals surface area contributed by atoms with Gasteiger partial charge < -0.3 is 13.3 Å². The molecule has 0 aromatic rings. The molecule has 0 spiro atoms. The standard InChI is InChI=1S/C13H30O3Si/c1-11(2,3)15-17(14-10,13(7,8)9)16-12(4,5)6/h1-10H3. The van der Waals surface area contributed by atoms with E-state index in [1.165, 1.54) is 0 Å². The fourth-order valence-corrected chi connectivity index (χ4v) is 4.57. The van der Waals surface area contributed by atoms with Gasteiger partial charge in [0.15, 0.2) is 0 Å². The molecule has 4 heteroatoms. The lowest BCUT2D eigenvalue weighted by atomic mass is 10.2. The molecule has 0 aliphatic rings. The predicted molar refractivity (Wildman–Crippen MR) is 74.2 cm³/mol. The smallest absolute Gasteiger partial charge is 0.376 e. The van der Waals surface area contributed by atoms with Gasteiger partial charge in [0.2, 0.25) is 0 Å². The van der Waals surface area contributed by atoms with E-state index in [0.717, 1.165) is 0 Å². The van der Waals surface area contributed by atoms with Crippen LogP contribution >= 0.6 is 0 Å². The van der Waals surface area contributed by atoms with Gasteiger partial charge in [-0.2, -0.15) is 0 Å². The molecule has 0 heterocycles. The fraction of sp³-hybridized carbons (Fsp3) is 1.00. The second kappa shape index (κ2) is 5.00. The van der Waals surface area contributed by atoms with Crippen molar-refractivity contribution in [2.45, 2.75) is 78.6 Å². The Morgan fingerprint density at radius 1 is 0.647 bits per heavy atom. The zero-order chi connectivity index (χ0) is 14.1. The summed E-state index contributed by atoms with van der Waals surface area (Å²) in [5.74, 6) is 0. The molecule has 0 aromatic carbocycles. The van der Waals surface area contributed by atoms with E-state index in [2.05, 4.69) is 20.8 Å². The Morgan fingerprint density at radius 2 is 0.941 bits per heavy atom. The van der Waals surface area contributed by atoms with Crippen LogP contribution in [-0.2, 0) is 13.3 Å².